The van der Waals surface area contributed by atoms with Gasteiger partial charge < -0.3 is 15.7 Å². The molecule has 0 saturated heterocycles. The predicted octanol–water partition coefficient (Wildman–Crippen LogP) is 2.84. The highest BCUT2D eigenvalue weighted by Gasteiger charge is 2.22. The Hall–Kier alpha value is -3.33. The van der Waals surface area contributed by atoms with Gasteiger partial charge in [0.05, 0.1) is 6.07 Å². The Kier molecular flexibility index (Phi) is 6.95. The Labute approximate surface area is 158 Å². The summed E-state index contributed by atoms with van der Waals surface area (Å²) in [6.45, 7) is 3.83. The van der Waals surface area contributed by atoms with Gasteiger partial charge in [0.1, 0.15) is 18.3 Å². The Balaban J connectivity index is 2.09. The van der Waals surface area contributed by atoms with Crippen LogP contribution in [0.25, 0.3) is 11.1 Å². The molecule has 0 saturated carbocycles. The summed E-state index contributed by atoms with van der Waals surface area (Å²) in [6, 6.07) is 15.0. The first-order valence-corrected chi connectivity index (χ1v) is 8.75. The Morgan fingerprint density at radius 3 is 2.11 bits per heavy atom. The molecule has 3 N–H and O–H groups in total. The Morgan fingerprint density at radius 2 is 1.59 bits per heavy atom. The van der Waals surface area contributed by atoms with Gasteiger partial charge in [-0.05, 0) is 47.7 Å². The number of aromatic hydroxyl groups is 1. The predicted molar refractivity (Wildman–Crippen MR) is 103 cm³/mol. The van der Waals surface area contributed by atoms with Gasteiger partial charge in [0, 0.05) is 5.56 Å². The van der Waals surface area contributed by atoms with E-state index in [1.807, 2.05) is 32.0 Å². The van der Waals surface area contributed by atoms with E-state index in [1.165, 1.54) is 0 Å². The molecule has 0 unspecified atom stereocenters. The van der Waals surface area contributed by atoms with Gasteiger partial charge >= 0.3 is 0 Å². The number of carbonyl (C=O) groups excluding carboxylic acids is 2. The number of hydrogen-bond acceptors (Lipinski definition) is 4. The van der Waals surface area contributed by atoms with Crippen LogP contribution in [0, 0.1) is 17.2 Å². The number of hydrogen-bond donors (Lipinski definition) is 3. The van der Waals surface area contributed by atoms with Gasteiger partial charge in [0.15, 0.2) is 0 Å². The second kappa shape index (κ2) is 9.39. The van der Waals surface area contributed by atoms with Crippen LogP contribution in [0.2, 0.25) is 0 Å². The van der Waals surface area contributed by atoms with E-state index >= 15 is 0 Å². The normalized spacial score (nSPS) is 11.5. The number of phenols is 1. The lowest BCUT2D eigenvalue weighted by Crippen LogP contribution is -2.47. The van der Waals surface area contributed by atoms with Crippen molar-refractivity contribution in [2.24, 2.45) is 5.92 Å². The minimum Gasteiger partial charge on any atom is -0.508 e. The van der Waals surface area contributed by atoms with E-state index in [0.717, 1.165) is 11.1 Å². The number of rotatable bonds is 7. The molecule has 6 heteroatoms. The fraction of sp³-hybridized carbons (Fsp3) is 0.286. The molecule has 0 radical (unpaired) electrons. The third kappa shape index (κ3) is 5.86. The molecule has 0 aliphatic rings. The average Bonchev–Trinajstić information content (AvgIpc) is 2.66. The molecule has 2 rings (SSSR count). The van der Waals surface area contributed by atoms with Crippen molar-refractivity contribution >= 4 is 11.8 Å². The lowest BCUT2D eigenvalue weighted by Gasteiger charge is -2.19. The largest absolute Gasteiger partial charge is 0.508 e. The molecule has 0 heterocycles. The number of phenolic OH excluding ortho intramolecular Hbond substituents is 1. The number of nitrogens with zero attached hydrogens (tertiary/aromatic N) is 1. The van der Waals surface area contributed by atoms with Crippen LogP contribution in [-0.4, -0.2) is 29.5 Å². The molecule has 0 aliphatic carbocycles. The van der Waals surface area contributed by atoms with Gasteiger partial charge in [-0.2, -0.15) is 5.26 Å². The molecule has 0 bridgehead atoms. The number of benzene rings is 2. The topological polar surface area (TPSA) is 102 Å². The van der Waals surface area contributed by atoms with Crippen LogP contribution in [0.3, 0.4) is 0 Å². The van der Waals surface area contributed by atoms with Gasteiger partial charge in [-0.25, -0.2) is 0 Å². The molecule has 0 aromatic heterocycles. The van der Waals surface area contributed by atoms with Crippen LogP contribution in [-0.2, 0) is 4.79 Å². The highest BCUT2D eigenvalue weighted by atomic mass is 16.3. The maximum atomic E-state index is 12.5. The zero-order valence-corrected chi connectivity index (χ0v) is 15.4. The van der Waals surface area contributed by atoms with E-state index in [1.54, 1.807) is 36.4 Å². The summed E-state index contributed by atoms with van der Waals surface area (Å²) in [5.41, 5.74) is 2.28. The first-order valence-electron chi connectivity index (χ1n) is 8.75. The van der Waals surface area contributed by atoms with Crippen molar-refractivity contribution in [3.63, 3.8) is 0 Å². The van der Waals surface area contributed by atoms with Crippen molar-refractivity contribution in [2.75, 3.05) is 6.54 Å². The van der Waals surface area contributed by atoms with Gasteiger partial charge in [-0.3, -0.25) is 9.59 Å². The highest BCUT2D eigenvalue weighted by molar-refractivity contribution is 5.97. The lowest BCUT2D eigenvalue weighted by molar-refractivity contribution is -0.123. The minimum absolute atomic E-state index is 0.0926. The number of nitrogens with one attached hydrogen (secondary N) is 2. The third-order valence-electron chi connectivity index (χ3n) is 4.02. The standard InChI is InChI=1S/C21H23N3O3/c1-14(2)13-19(21(27)23-12-11-22)24-20(26)17-5-3-15(4-6-17)16-7-9-18(25)10-8-16/h3-10,14,19,25H,12-13H2,1-2H3,(H,23,27)(H,24,26)/t19-/m0/s1. The number of amides is 2. The van der Waals surface area contributed by atoms with Crippen molar-refractivity contribution < 1.29 is 14.7 Å². The van der Waals surface area contributed by atoms with E-state index in [2.05, 4.69) is 10.6 Å². The summed E-state index contributed by atoms with van der Waals surface area (Å²) < 4.78 is 0. The van der Waals surface area contributed by atoms with Crippen LogP contribution in [0.5, 0.6) is 5.75 Å². The second-order valence-corrected chi connectivity index (χ2v) is 6.66. The van der Waals surface area contributed by atoms with Gasteiger partial charge in [-0.15, -0.1) is 0 Å². The van der Waals surface area contributed by atoms with Crippen molar-refractivity contribution in [3.8, 4) is 22.9 Å². The maximum Gasteiger partial charge on any atom is 0.251 e. The zero-order valence-electron chi connectivity index (χ0n) is 15.4. The van der Waals surface area contributed by atoms with Crippen LogP contribution in [0.1, 0.15) is 30.6 Å². The molecule has 0 fully saturated rings. The summed E-state index contributed by atoms with van der Waals surface area (Å²) in [6.07, 6.45) is 0.481. The Morgan fingerprint density at radius 1 is 1.04 bits per heavy atom. The van der Waals surface area contributed by atoms with Crippen molar-refractivity contribution in [2.45, 2.75) is 26.3 Å². The zero-order chi connectivity index (χ0) is 19.8. The van der Waals surface area contributed by atoms with E-state index in [9.17, 15) is 14.7 Å². The van der Waals surface area contributed by atoms with Gasteiger partial charge in [-0.1, -0.05) is 38.1 Å². The summed E-state index contributed by atoms with van der Waals surface area (Å²) in [5.74, 6) is -0.301. The Bertz CT molecular complexity index is 821. The summed E-state index contributed by atoms with van der Waals surface area (Å²) in [5, 5.41) is 23.2. The fourth-order valence-corrected chi connectivity index (χ4v) is 2.66. The average molecular weight is 365 g/mol. The van der Waals surface area contributed by atoms with Crippen molar-refractivity contribution in [1.82, 2.24) is 10.6 Å². The lowest BCUT2D eigenvalue weighted by atomic mass is 10.0. The monoisotopic (exact) mass is 365 g/mol. The van der Waals surface area contributed by atoms with Gasteiger partial charge in [0.2, 0.25) is 5.91 Å². The van der Waals surface area contributed by atoms with E-state index in [4.69, 9.17) is 5.26 Å². The fourth-order valence-electron chi connectivity index (χ4n) is 2.66. The maximum absolute atomic E-state index is 12.5. The quantitative estimate of drug-likeness (QED) is 0.657. The SMILES string of the molecule is CC(C)C[C@H](NC(=O)c1ccc(-c2ccc(O)cc2)cc1)C(=O)NCC#N. The van der Waals surface area contributed by atoms with Crippen LogP contribution < -0.4 is 10.6 Å². The molecule has 27 heavy (non-hydrogen) atoms. The van der Waals surface area contributed by atoms with E-state index < -0.39 is 6.04 Å². The molecule has 2 aromatic rings. The van der Waals surface area contributed by atoms with Crippen LogP contribution in [0.15, 0.2) is 48.5 Å². The van der Waals surface area contributed by atoms with Crippen LogP contribution in [0.4, 0.5) is 0 Å². The van der Waals surface area contributed by atoms with Crippen LogP contribution >= 0.6 is 0 Å². The molecule has 6 nitrogen and oxygen atoms in total. The number of nitriles is 1. The summed E-state index contributed by atoms with van der Waals surface area (Å²) >= 11 is 0. The summed E-state index contributed by atoms with van der Waals surface area (Å²) in [4.78, 5) is 24.7. The van der Waals surface area contributed by atoms with Gasteiger partial charge in [0.25, 0.3) is 5.91 Å². The first kappa shape index (κ1) is 20.0. The molecule has 0 spiro atoms. The highest BCUT2D eigenvalue weighted by Crippen LogP contribution is 2.22. The van der Waals surface area contributed by atoms with Crippen molar-refractivity contribution in [3.05, 3.63) is 54.1 Å². The first-order chi connectivity index (χ1) is 12.9. The molecule has 2 aromatic carbocycles. The molecule has 2 amide bonds. The smallest absolute Gasteiger partial charge is 0.251 e. The van der Waals surface area contributed by atoms with E-state index in [0.29, 0.717) is 12.0 Å². The number of carbonyl (C=O) groups is 2. The van der Waals surface area contributed by atoms with E-state index in [-0.39, 0.29) is 30.0 Å². The molecule has 1 atom stereocenters. The molecular formula is C21H23N3O3. The molecule has 0 aliphatic heterocycles. The molecular weight excluding hydrogens is 342 g/mol. The molecule has 140 valence electrons. The third-order valence-corrected chi connectivity index (χ3v) is 4.02. The minimum atomic E-state index is -0.692. The van der Waals surface area contributed by atoms with Crippen molar-refractivity contribution in [1.29, 1.82) is 5.26 Å². The second-order valence-electron chi connectivity index (χ2n) is 6.66. The summed E-state index contributed by atoms with van der Waals surface area (Å²) in [7, 11) is 0.